The van der Waals surface area contributed by atoms with E-state index < -0.39 is 0 Å². The summed E-state index contributed by atoms with van der Waals surface area (Å²) in [6.45, 7) is 10.2. The zero-order valence-electron chi connectivity index (χ0n) is 17.9. The van der Waals surface area contributed by atoms with Gasteiger partial charge >= 0.3 is 0 Å². The second-order valence-corrected chi connectivity index (χ2v) is 8.10. The lowest BCUT2D eigenvalue weighted by atomic mass is 9.97. The van der Waals surface area contributed by atoms with E-state index in [1.807, 2.05) is 44.7 Å². The third-order valence-electron chi connectivity index (χ3n) is 5.43. The number of hydrogen-bond acceptors (Lipinski definition) is 4. The highest BCUT2D eigenvalue weighted by Crippen LogP contribution is 2.28. The summed E-state index contributed by atoms with van der Waals surface area (Å²) in [5.74, 6) is 0.0158. The highest BCUT2D eigenvalue weighted by Gasteiger charge is 2.22. The molecule has 156 valence electrons. The van der Waals surface area contributed by atoms with Crippen molar-refractivity contribution in [2.75, 3.05) is 26.3 Å². The first-order valence-electron chi connectivity index (χ1n) is 10.0. The van der Waals surface area contributed by atoms with E-state index in [2.05, 4.69) is 6.07 Å². The summed E-state index contributed by atoms with van der Waals surface area (Å²) in [5.41, 5.74) is 6.81. The molecule has 0 aromatic heterocycles. The molecule has 0 atom stereocenters. The van der Waals surface area contributed by atoms with Gasteiger partial charge in [-0.15, -0.1) is 0 Å². The summed E-state index contributed by atoms with van der Waals surface area (Å²) in [5, 5.41) is 9.77. The predicted octanol–water partition coefficient (Wildman–Crippen LogP) is 4.94. The number of carbonyl (C=O) groups is 1. The zero-order valence-corrected chi connectivity index (χ0v) is 18.6. The number of benzene rings is 2. The number of aryl methyl sites for hydroxylation is 2. The minimum Gasteiger partial charge on any atom is -0.378 e. The van der Waals surface area contributed by atoms with E-state index in [-0.39, 0.29) is 5.91 Å². The SMILES string of the molecule is CC(Cc1c(Cl)ccc(C(=O)N2CCOCC2)c1C)=Nc1c(C)cc(C#N)cc1C. The Labute approximate surface area is 182 Å². The van der Waals surface area contributed by atoms with Crippen LogP contribution in [0.2, 0.25) is 5.02 Å². The van der Waals surface area contributed by atoms with Gasteiger partial charge in [-0.05, 0) is 74.2 Å². The molecule has 0 saturated carbocycles. The average molecular weight is 424 g/mol. The van der Waals surface area contributed by atoms with Crippen LogP contribution in [0.15, 0.2) is 29.3 Å². The summed E-state index contributed by atoms with van der Waals surface area (Å²) in [7, 11) is 0. The van der Waals surface area contributed by atoms with Crippen LogP contribution in [0.25, 0.3) is 0 Å². The molecule has 0 aliphatic carbocycles. The van der Waals surface area contributed by atoms with Crippen molar-refractivity contribution in [3.8, 4) is 6.07 Å². The lowest BCUT2D eigenvalue weighted by molar-refractivity contribution is 0.0302. The summed E-state index contributed by atoms with van der Waals surface area (Å²) in [4.78, 5) is 19.6. The van der Waals surface area contributed by atoms with Crippen LogP contribution in [0.5, 0.6) is 0 Å². The number of ether oxygens (including phenoxy) is 1. The number of carbonyl (C=O) groups excluding carboxylic acids is 1. The van der Waals surface area contributed by atoms with Crippen LogP contribution in [-0.4, -0.2) is 42.8 Å². The van der Waals surface area contributed by atoms with Crippen LogP contribution in [0, 0.1) is 32.1 Å². The largest absolute Gasteiger partial charge is 0.378 e. The Hall–Kier alpha value is -2.68. The first-order chi connectivity index (χ1) is 14.3. The molecule has 5 nitrogen and oxygen atoms in total. The van der Waals surface area contributed by atoms with Gasteiger partial charge in [0.15, 0.2) is 0 Å². The van der Waals surface area contributed by atoms with Crippen LogP contribution in [0.4, 0.5) is 5.69 Å². The summed E-state index contributed by atoms with van der Waals surface area (Å²) in [6, 6.07) is 9.47. The van der Waals surface area contributed by atoms with E-state index in [1.54, 1.807) is 12.1 Å². The van der Waals surface area contributed by atoms with Crippen molar-refractivity contribution < 1.29 is 9.53 Å². The van der Waals surface area contributed by atoms with Crippen LogP contribution < -0.4 is 0 Å². The number of morpholine rings is 1. The lowest BCUT2D eigenvalue weighted by Crippen LogP contribution is -2.41. The van der Waals surface area contributed by atoms with Crippen molar-refractivity contribution in [2.24, 2.45) is 4.99 Å². The monoisotopic (exact) mass is 423 g/mol. The molecule has 6 heteroatoms. The van der Waals surface area contributed by atoms with Crippen LogP contribution in [0.1, 0.15) is 45.1 Å². The molecule has 0 N–H and O–H groups in total. The zero-order chi connectivity index (χ0) is 21.8. The molecule has 2 aromatic carbocycles. The second kappa shape index (κ2) is 9.42. The topological polar surface area (TPSA) is 65.7 Å². The summed E-state index contributed by atoms with van der Waals surface area (Å²) < 4.78 is 5.35. The first kappa shape index (κ1) is 22.0. The van der Waals surface area contributed by atoms with Gasteiger partial charge < -0.3 is 9.64 Å². The Bertz CT molecular complexity index is 1020. The fourth-order valence-electron chi connectivity index (χ4n) is 3.79. The number of aliphatic imine (C=N–C) groups is 1. The Morgan fingerprint density at radius 3 is 2.43 bits per heavy atom. The second-order valence-electron chi connectivity index (χ2n) is 7.70. The van der Waals surface area contributed by atoms with Gasteiger partial charge in [-0.1, -0.05) is 11.6 Å². The quantitative estimate of drug-likeness (QED) is 0.654. The maximum atomic E-state index is 13.0. The van der Waals surface area contributed by atoms with Gasteiger partial charge in [-0.2, -0.15) is 5.26 Å². The summed E-state index contributed by atoms with van der Waals surface area (Å²) in [6.07, 6.45) is 0.549. The van der Waals surface area contributed by atoms with Crippen molar-refractivity contribution in [3.63, 3.8) is 0 Å². The number of hydrogen-bond donors (Lipinski definition) is 0. The maximum Gasteiger partial charge on any atom is 0.254 e. The number of nitrogens with zero attached hydrogens (tertiary/aromatic N) is 3. The Kier molecular flexibility index (Phi) is 6.91. The van der Waals surface area contributed by atoms with Crippen LogP contribution >= 0.6 is 11.6 Å². The molecule has 30 heavy (non-hydrogen) atoms. The molecular formula is C24H26ClN3O2. The predicted molar refractivity (Wildman–Crippen MR) is 120 cm³/mol. The van der Waals surface area contributed by atoms with E-state index in [0.717, 1.165) is 33.7 Å². The van der Waals surface area contributed by atoms with Crippen LogP contribution in [0.3, 0.4) is 0 Å². The highest BCUT2D eigenvalue weighted by atomic mass is 35.5. The minimum absolute atomic E-state index is 0.0158. The third-order valence-corrected chi connectivity index (χ3v) is 5.78. The molecule has 1 amide bonds. The number of nitriles is 1. The Balaban J connectivity index is 1.90. The fraction of sp³-hybridized carbons (Fsp3) is 0.375. The van der Waals surface area contributed by atoms with E-state index in [0.29, 0.717) is 48.9 Å². The fourth-order valence-corrected chi connectivity index (χ4v) is 4.06. The molecule has 1 aliphatic rings. The number of halogens is 1. The Morgan fingerprint density at radius 1 is 1.20 bits per heavy atom. The summed E-state index contributed by atoms with van der Waals surface area (Å²) >= 11 is 6.51. The normalized spacial score (nSPS) is 14.5. The molecule has 0 bridgehead atoms. The molecule has 0 spiro atoms. The van der Waals surface area contributed by atoms with Gasteiger partial charge in [-0.25, -0.2) is 0 Å². The average Bonchev–Trinajstić information content (AvgIpc) is 2.73. The van der Waals surface area contributed by atoms with Gasteiger partial charge in [0.25, 0.3) is 5.91 Å². The van der Waals surface area contributed by atoms with Crippen molar-refractivity contribution in [1.82, 2.24) is 4.90 Å². The maximum absolute atomic E-state index is 13.0. The van der Waals surface area contributed by atoms with E-state index in [4.69, 9.17) is 26.6 Å². The molecule has 0 radical (unpaired) electrons. The van der Waals surface area contributed by atoms with Gasteiger partial charge in [0.05, 0.1) is 30.5 Å². The molecule has 2 aromatic rings. The van der Waals surface area contributed by atoms with Crippen molar-refractivity contribution in [1.29, 1.82) is 5.26 Å². The molecule has 3 rings (SSSR count). The molecule has 1 heterocycles. The van der Waals surface area contributed by atoms with Gasteiger partial charge in [0.2, 0.25) is 0 Å². The minimum atomic E-state index is 0.0158. The van der Waals surface area contributed by atoms with Gasteiger partial charge in [0, 0.05) is 35.8 Å². The van der Waals surface area contributed by atoms with E-state index in [1.165, 1.54) is 0 Å². The van der Waals surface area contributed by atoms with Crippen molar-refractivity contribution in [2.45, 2.75) is 34.1 Å². The molecule has 1 saturated heterocycles. The number of rotatable bonds is 4. The molecular weight excluding hydrogens is 398 g/mol. The first-order valence-corrected chi connectivity index (χ1v) is 10.4. The lowest BCUT2D eigenvalue weighted by Gasteiger charge is -2.28. The number of amides is 1. The molecule has 0 unspecified atom stereocenters. The third kappa shape index (κ3) is 4.72. The van der Waals surface area contributed by atoms with Gasteiger partial charge in [0.1, 0.15) is 0 Å². The smallest absolute Gasteiger partial charge is 0.254 e. The molecule has 1 aliphatic heterocycles. The van der Waals surface area contributed by atoms with E-state index in [9.17, 15) is 4.79 Å². The molecule has 1 fully saturated rings. The Morgan fingerprint density at radius 2 is 1.83 bits per heavy atom. The van der Waals surface area contributed by atoms with E-state index >= 15 is 0 Å². The standard InChI is InChI=1S/C24H26ClN3O2/c1-15-11-19(14-26)12-16(2)23(15)27-17(3)13-21-18(4)20(5-6-22(21)25)24(29)28-7-9-30-10-8-28/h5-6,11-12H,7-10,13H2,1-4H3. The van der Waals surface area contributed by atoms with Crippen LogP contribution in [-0.2, 0) is 11.2 Å². The van der Waals surface area contributed by atoms with Gasteiger partial charge in [-0.3, -0.25) is 9.79 Å². The van der Waals surface area contributed by atoms with Crippen molar-refractivity contribution in [3.05, 3.63) is 62.7 Å². The van der Waals surface area contributed by atoms with Crippen molar-refractivity contribution >= 4 is 28.9 Å². The highest BCUT2D eigenvalue weighted by molar-refractivity contribution is 6.31.